The molecule has 0 amide bonds. The average molecular weight is 447 g/mol. The van der Waals surface area contributed by atoms with Crippen molar-refractivity contribution in [3.63, 3.8) is 0 Å². The number of anilines is 3. The Hall–Kier alpha value is -1.90. The average Bonchev–Trinajstić information content (AvgIpc) is 3.40. The zero-order chi connectivity index (χ0) is 20.7. The summed E-state index contributed by atoms with van der Waals surface area (Å²) in [4.78, 5) is 17.6. The Bertz CT molecular complexity index is 947. The third-order valence-electron chi connectivity index (χ3n) is 6.27. The van der Waals surface area contributed by atoms with Crippen molar-refractivity contribution in [3.8, 4) is 0 Å². The van der Waals surface area contributed by atoms with Gasteiger partial charge in [0, 0.05) is 55.6 Å². The van der Waals surface area contributed by atoms with Gasteiger partial charge in [-0.15, -0.1) is 0 Å². The van der Waals surface area contributed by atoms with Gasteiger partial charge in [0.25, 0.3) is 0 Å². The maximum absolute atomic E-state index is 12.7. The fourth-order valence-electron chi connectivity index (χ4n) is 4.64. The van der Waals surface area contributed by atoms with E-state index in [1.54, 1.807) is 0 Å². The summed E-state index contributed by atoms with van der Waals surface area (Å²) in [5.41, 5.74) is 2.16. The maximum atomic E-state index is 12.7. The first-order chi connectivity index (χ1) is 14.6. The smallest absolute Gasteiger partial charge is 0.227 e. The van der Waals surface area contributed by atoms with Crippen molar-refractivity contribution in [1.82, 2.24) is 15.3 Å². The number of halogens is 1. The molecule has 2 fully saturated rings. The van der Waals surface area contributed by atoms with Crippen LogP contribution < -0.4 is 20.0 Å². The van der Waals surface area contributed by atoms with Crippen LogP contribution in [0.1, 0.15) is 18.5 Å². The number of fused-ring (bicyclic) bond motifs is 1. The Morgan fingerprint density at radius 3 is 2.53 bits per heavy atom. The van der Waals surface area contributed by atoms with Crippen molar-refractivity contribution in [3.05, 3.63) is 35.0 Å². The number of aromatic nitrogens is 2. The molecule has 3 aliphatic rings. The summed E-state index contributed by atoms with van der Waals surface area (Å²) in [6.07, 6.45) is 3.22. The Balaban J connectivity index is 1.40. The fraction of sp³-hybridized carbons (Fsp3) is 0.524. The molecule has 1 unspecified atom stereocenters. The lowest BCUT2D eigenvalue weighted by molar-refractivity contribution is 0.572. The Morgan fingerprint density at radius 2 is 1.80 bits per heavy atom. The molecule has 0 spiro atoms. The van der Waals surface area contributed by atoms with E-state index in [1.165, 1.54) is 5.69 Å². The number of aryl methyl sites for hydroxylation is 1. The second-order valence-electron chi connectivity index (χ2n) is 8.01. The second-order valence-corrected chi connectivity index (χ2v) is 9.96. The van der Waals surface area contributed by atoms with Crippen LogP contribution in [-0.2, 0) is 17.2 Å². The maximum Gasteiger partial charge on any atom is 0.227 e. The van der Waals surface area contributed by atoms with E-state index >= 15 is 0 Å². The predicted molar refractivity (Wildman–Crippen MR) is 122 cm³/mol. The van der Waals surface area contributed by atoms with Gasteiger partial charge in [-0.1, -0.05) is 11.6 Å². The summed E-state index contributed by atoms with van der Waals surface area (Å²) >= 11 is 6.03. The highest BCUT2D eigenvalue weighted by molar-refractivity contribution is 7.85. The Kier molecular flexibility index (Phi) is 5.56. The fourth-order valence-corrected chi connectivity index (χ4v) is 6.12. The molecule has 0 aliphatic carbocycles. The largest absolute Gasteiger partial charge is 0.368 e. The van der Waals surface area contributed by atoms with Crippen LogP contribution in [-0.4, -0.2) is 65.9 Å². The van der Waals surface area contributed by atoms with Crippen molar-refractivity contribution in [2.75, 3.05) is 60.2 Å². The monoisotopic (exact) mass is 446 g/mol. The van der Waals surface area contributed by atoms with Crippen molar-refractivity contribution in [1.29, 1.82) is 0 Å². The van der Waals surface area contributed by atoms with Crippen LogP contribution in [0.15, 0.2) is 29.2 Å². The molecule has 5 rings (SSSR count). The highest BCUT2D eigenvalue weighted by Crippen LogP contribution is 2.35. The lowest BCUT2D eigenvalue weighted by Crippen LogP contribution is -2.47. The number of rotatable bonds is 4. The SMILES string of the molecule is CN[C@@H]1CCCN1c1nc(N2CCN(c3ccc(Cl)cc3)CC2)nc2c1S(=O)CC2. The zero-order valence-electron chi connectivity index (χ0n) is 17.2. The van der Waals surface area contributed by atoms with Gasteiger partial charge in [0.2, 0.25) is 5.95 Å². The van der Waals surface area contributed by atoms with Gasteiger partial charge < -0.3 is 20.0 Å². The molecule has 7 nitrogen and oxygen atoms in total. The first-order valence-corrected chi connectivity index (χ1v) is 12.3. The standard InChI is InChI=1S/C21H27ClN6OS/c1-23-18-3-2-9-28(18)20-19-17(8-14-30(19)29)24-21(25-20)27-12-10-26(11-13-27)16-6-4-15(22)5-7-16/h4-7,18,23H,2-3,8-14H2,1H3/t18-,30?/m0/s1. The van der Waals surface area contributed by atoms with Crippen molar-refractivity contribution in [2.45, 2.75) is 30.3 Å². The molecule has 4 heterocycles. The van der Waals surface area contributed by atoms with E-state index in [0.717, 1.165) is 79.4 Å². The number of benzene rings is 1. The minimum absolute atomic E-state index is 0.246. The molecule has 3 aliphatic heterocycles. The Labute approximate surface area is 184 Å². The van der Waals surface area contributed by atoms with Crippen LogP contribution in [0.3, 0.4) is 0 Å². The van der Waals surface area contributed by atoms with Crippen LogP contribution in [0.2, 0.25) is 5.02 Å². The van der Waals surface area contributed by atoms with Crippen LogP contribution in [0, 0.1) is 0 Å². The summed E-state index contributed by atoms with van der Waals surface area (Å²) in [6, 6.07) is 8.02. The molecule has 1 N–H and O–H groups in total. The van der Waals surface area contributed by atoms with Gasteiger partial charge in [0.1, 0.15) is 4.90 Å². The molecule has 0 bridgehead atoms. The normalized spacial score (nSPS) is 23.9. The molecule has 2 aromatic rings. The summed E-state index contributed by atoms with van der Waals surface area (Å²) in [6.45, 7) is 4.48. The number of piperazine rings is 1. The third kappa shape index (κ3) is 3.65. The lowest BCUT2D eigenvalue weighted by atomic mass is 10.2. The van der Waals surface area contributed by atoms with Gasteiger partial charge in [-0.25, -0.2) is 4.98 Å². The van der Waals surface area contributed by atoms with E-state index in [4.69, 9.17) is 21.6 Å². The lowest BCUT2D eigenvalue weighted by Gasteiger charge is -2.36. The van der Waals surface area contributed by atoms with E-state index in [-0.39, 0.29) is 6.17 Å². The van der Waals surface area contributed by atoms with E-state index in [0.29, 0.717) is 5.75 Å². The molecule has 0 saturated carbocycles. The molecule has 9 heteroatoms. The first kappa shape index (κ1) is 20.0. The summed E-state index contributed by atoms with van der Waals surface area (Å²) < 4.78 is 12.7. The van der Waals surface area contributed by atoms with Crippen LogP contribution in [0.4, 0.5) is 17.5 Å². The quantitative estimate of drug-likeness (QED) is 0.772. The van der Waals surface area contributed by atoms with Crippen molar-refractivity contribution in [2.24, 2.45) is 0 Å². The van der Waals surface area contributed by atoms with E-state index in [2.05, 4.69) is 32.1 Å². The van der Waals surface area contributed by atoms with Gasteiger partial charge in [-0.2, -0.15) is 4.98 Å². The second kappa shape index (κ2) is 8.32. The Morgan fingerprint density at radius 1 is 1.07 bits per heavy atom. The molecule has 1 aromatic carbocycles. The van der Waals surface area contributed by atoms with E-state index < -0.39 is 10.8 Å². The molecule has 30 heavy (non-hydrogen) atoms. The summed E-state index contributed by atoms with van der Waals surface area (Å²) in [5, 5.41) is 4.14. The van der Waals surface area contributed by atoms with Crippen LogP contribution in [0.5, 0.6) is 0 Å². The molecular weight excluding hydrogens is 420 g/mol. The number of hydrogen-bond acceptors (Lipinski definition) is 7. The summed E-state index contributed by atoms with van der Waals surface area (Å²) in [5.74, 6) is 2.31. The minimum atomic E-state index is -1.00. The topological polar surface area (TPSA) is 64.6 Å². The number of nitrogens with one attached hydrogen (secondary N) is 1. The zero-order valence-corrected chi connectivity index (χ0v) is 18.8. The highest BCUT2D eigenvalue weighted by Gasteiger charge is 2.34. The molecule has 1 aromatic heterocycles. The van der Waals surface area contributed by atoms with Gasteiger partial charge in [0.05, 0.1) is 22.7 Å². The minimum Gasteiger partial charge on any atom is -0.368 e. The number of nitrogens with zero attached hydrogens (tertiary/aromatic N) is 5. The molecule has 2 saturated heterocycles. The van der Waals surface area contributed by atoms with Crippen LogP contribution >= 0.6 is 11.6 Å². The van der Waals surface area contributed by atoms with E-state index in [1.807, 2.05) is 19.2 Å². The highest BCUT2D eigenvalue weighted by atomic mass is 35.5. The van der Waals surface area contributed by atoms with Gasteiger partial charge in [-0.05, 0) is 44.2 Å². The van der Waals surface area contributed by atoms with Gasteiger partial charge in [0.15, 0.2) is 5.82 Å². The molecule has 0 radical (unpaired) electrons. The van der Waals surface area contributed by atoms with Crippen LogP contribution in [0.25, 0.3) is 0 Å². The first-order valence-electron chi connectivity index (χ1n) is 10.6. The number of hydrogen-bond donors (Lipinski definition) is 1. The van der Waals surface area contributed by atoms with Crippen molar-refractivity contribution >= 4 is 39.9 Å². The predicted octanol–water partition coefficient (Wildman–Crippen LogP) is 2.27. The van der Waals surface area contributed by atoms with Gasteiger partial charge in [-0.3, -0.25) is 4.21 Å². The molecule has 2 atom stereocenters. The summed E-state index contributed by atoms with van der Waals surface area (Å²) in [7, 11) is 0.984. The molecular formula is C21H27ClN6OS. The van der Waals surface area contributed by atoms with Gasteiger partial charge >= 0.3 is 0 Å². The van der Waals surface area contributed by atoms with E-state index in [9.17, 15) is 4.21 Å². The molecule has 160 valence electrons. The van der Waals surface area contributed by atoms with Crippen molar-refractivity contribution < 1.29 is 4.21 Å². The third-order valence-corrected chi connectivity index (χ3v) is 7.97.